The van der Waals surface area contributed by atoms with Gasteiger partial charge in [0.2, 0.25) is 0 Å². The molecule has 14 heavy (non-hydrogen) atoms. The molecule has 0 aliphatic carbocycles. The Bertz CT molecular complexity index is 144. The molecule has 4 heteroatoms. The van der Waals surface area contributed by atoms with Crippen LogP contribution in [0.4, 0.5) is 0 Å². The van der Waals surface area contributed by atoms with E-state index in [9.17, 15) is 0 Å². The van der Waals surface area contributed by atoms with Gasteiger partial charge in [-0.3, -0.25) is 4.90 Å². The van der Waals surface area contributed by atoms with Crippen molar-refractivity contribution in [1.82, 2.24) is 4.90 Å². The zero-order chi connectivity index (χ0) is 10.2. The van der Waals surface area contributed by atoms with Crippen LogP contribution in [0.2, 0.25) is 0 Å². The third-order valence-electron chi connectivity index (χ3n) is 2.73. The van der Waals surface area contributed by atoms with Gasteiger partial charge in [-0.1, -0.05) is 0 Å². The lowest BCUT2D eigenvalue weighted by molar-refractivity contribution is 0.0557. The predicted molar refractivity (Wildman–Crippen MR) is 56.3 cm³/mol. The summed E-state index contributed by atoms with van der Waals surface area (Å²) in [4.78, 5) is 2.42. The number of hydrogen-bond donors (Lipinski definition) is 1. The fourth-order valence-electron chi connectivity index (χ4n) is 1.88. The fourth-order valence-corrected chi connectivity index (χ4v) is 1.88. The fraction of sp³-hybridized carbons (Fsp3) is 1.00. The molecule has 0 spiro atoms. The largest absolute Gasteiger partial charge is 0.382 e. The summed E-state index contributed by atoms with van der Waals surface area (Å²) in [7, 11) is 1.69. The maximum Gasteiger partial charge on any atom is 0.0700 e. The van der Waals surface area contributed by atoms with E-state index in [-0.39, 0.29) is 0 Å². The van der Waals surface area contributed by atoms with Crippen LogP contribution in [0.1, 0.15) is 12.8 Å². The van der Waals surface area contributed by atoms with Gasteiger partial charge in [0.05, 0.1) is 19.8 Å². The van der Waals surface area contributed by atoms with Gasteiger partial charge in [0.25, 0.3) is 0 Å². The first-order valence-electron chi connectivity index (χ1n) is 5.39. The molecule has 1 heterocycles. The minimum absolute atomic E-state index is 0.584. The van der Waals surface area contributed by atoms with Crippen molar-refractivity contribution in [2.45, 2.75) is 18.9 Å². The van der Waals surface area contributed by atoms with E-state index in [1.54, 1.807) is 7.11 Å². The van der Waals surface area contributed by atoms with E-state index in [2.05, 4.69) is 4.90 Å². The summed E-state index contributed by atoms with van der Waals surface area (Å²) < 4.78 is 10.3. The molecule has 1 aliphatic rings. The molecule has 4 nitrogen and oxygen atoms in total. The third kappa shape index (κ3) is 3.92. The summed E-state index contributed by atoms with van der Waals surface area (Å²) in [5.74, 6) is 0. The molecule has 0 bridgehead atoms. The average Bonchev–Trinajstić information content (AvgIpc) is 2.65. The lowest BCUT2D eigenvalue weighted by Gasteiger charge is -2.22. The van der Waals surface area contributed by atoms with Crippen LogP contribution in [0.15, 0.2) is 0 Å². The Hall–Kier alpha value is -0.160. The van der Waals surface area contributed by atoms with E-state index in [0.717, 1.165) is 19.7 Å². The quantitative estimate of drug-likeness (QED) is 0.594. The Morgan fingerprint density at radius 1 is 1.36 bits per heavy atom. The summed E-state index contributed by atoms with van der Waals surface area (Å²) in [6.07, 6.45) is 2.52. The van der Waals surface area contributed by atoms with Gasteiger partial charge < -0.3 is 15.2 Å². The Kier molecular flexibility index (Phi) is 6.10. The highest BCUT2D eigenvalue weighted by Gasteiger charge is 2.22. The third-order valence-corrected chi connectivity index (χ3v) is 2.73. The molecular formula is C10H22N2O2. The highest BCUT2D eigenvalue weighted by atomic mass is 16.5. The second kappa shape index (κ2) is 7.17. The normalized spacial score (nSPS) is 23.1. The van der Waals surface area contributed by atoms with Crippen molar-refractivity contribution < 1.29 is 9.47 Å². The van der Waals surface area contributed by atoms with E-state index in [1.807, 2.05) is 0 Å². The van der Waals surface area contributed by atoms with Gasteiger partial charge in [-0.25, -0.2) is 0 Å². The van der Waals surface area contributed by atoms with Gasteiger partial charge in [-0.05, 0) is 19.4 Å². The van der Waals surface area contributed by atoms with E-state index >= 15 is 0 Å². The predicted octanol–water partition coefficient (Wildman–Crippen LogP) is 0.0725. The molecule has 1 atom stereocenters. The van der Waals surface area contributed by atoms with E-state index in [0.29, 0.717) is 19.3 Å². The SMILES string of the molecule is COCCOCCN1CCCC1CN. The molecule has 0 aromatic rings. The molecule has 0 saturated carbocycles. The van der Waals surface area contributed by atoms with Crippen LogP contribution in [0.3, 0.4) is 0 Å². The molecule has 1 unspecified atom stereocenters. The number of methoxy groups -OCH3 is 1. The number of rotatable bonds is 7. The molecule has 1 aliphatic heterocycles. The number of ether oxygens (including phenoxy) is 2. The molecule has 84 valence electrons. The lowest BCUT2D eigenvalue weighted by atomic mass is 10.2. The van der Waals surface area contributed by atoms with Crippen molar-refractivity contribution in [3.63, 3.8) is 0 Å². The molecular weight excluding hydrogens is 180 g/mol. The van der Waals surface area contributed by atoms with Crippen LogP contribution in [0.5, 0.6) is 0 Å². The van der Waals surface area contributed by atoms with Crippen LogP contribution < -0.4 is 5.73 Å². The molecule has 1 rings (SSSR count). The summed E-state index contributed by atoms with van der Waals surface area (Å²) in [6.45, 7) is 5.12. The van der Waals surface area contributed by atoms with Gasteiger partial charge in [0, 0.05) is 26.2 Å². The first-order chi connectivity index (χ1) is 6.88. The molecule has 0 amide bonds. The van der Waals surface area contributed by atoms with Crippen LogP contribution in [0, 0.1) is 0 Å². The zero-order valence-electron chi connectivity index (χ0n) is 9.08. The van der Waals surface area contributed by atoms with E-state index < -0.39 is 0 Å². The summed E-state index contributed by atoms with van der Waals surface area (Å²) >= 11 is 0. The summed E-state index contributed by atoms with van der Waals surface area (Å²) in [5, 5.41) is 0. The van der Waals surface area contributed by atoms with Crippen LogP contribution in [0.25, 0.3) is 0 Å². The highest BCUT2D eigenvalue weighted by Crippen LogP contribution is 2.14. The molecule has 0 radical (unpaired) electrons. The van der Waals surface area contributed by atoms with Crippen molar-refractivity contribution in [2.24, 2.45) is 5.73 Å². The van der Waals surface area contributed by atoms with Gasteiger partial charge in [-0.15, -0.1) is 0 Å². The van der Waals surface area contributed by atoms with Crippen LogP contribution >= 0.6 is 0 Å². The summed E-state index contributed by atoms with van der Waals surface area (Å²) in [5.41, 5.74) is 5.67. The van der Waals surface area contributed by atoms with E-state index in [4.69, 9.17) is 15.2 Å². The molecule has 1 fully saturated rings. The summed E-state index contributed by atoms with van der Waals surface area (Å²) in [6, 6.07) is 0.584. The average molecular weight is 202 g/mol. The Morgan fingerprint density at radius 2 is 2.21 bits per heavy atom. The molecule has 2 N–H and O–H groups in total. The number of likely N-dealkylation sites (tertiary alicyclic amines) is 1. The van der Waals surface area contributed by atoms with Crippen molar-refractivity contribution in [3.8, 4) is 0 Å². The maximum atomic E-state index is 5.67. The standard InChI is InChI=1S/C10H22N2O2/c1-13-7-8-14-6-5-12-4-2-3-10(12)9-11/h10H,2-9,11H2,1H3. The first kappa shape index (κ1) is 11.9. The second-order valence-electron chi connectivity index (χ2n) is 3.67. The van der Waals surface area contributed by atoms with E-state index in [1.165, 1.54) is 19.4 Å². The number of nitrogens with zero attached hydrogens (tertiary/aromatic N) is 1. The Balaban J connectivity index is 2.00. The molecule has 0 aromatic heterocycles. The van der Waals surface area contributed by atoms with Crippen molar-refractivity contribution in [2.75, 3.05) is 46.6 Å². The highest BCUT2D eigenvalue weighted by molar-refractivity contribution is 4.79. The number of hydrogen-bond acceptors (Lipinski definition) is 4. The Labute approximate surface area is 86.3 Å². The molecule has 1 saturated heterocycles. The van der Waals surface area contributed by atoms with Gasteiger partial charge >= 0.3 is 0 Å². The minimum Gasteiger partial charge on any atom is -0.382 e. The minimum atomic E-state index is 0.584. The first-order valence-corrected chi connectivity index (χ1v) is 5.39. The van der Waals surface area contributed by atoms with Crippen LogP contribution in [-0.4, -0.2) is 57.5 Å². The van der Waals surface area contributed by atoms with Crippen LogP contribution in [-0.2, 0) is 9.47 Å². The monoisotopic (exact) mass is 202 g/mol. The van der Waals surface area contributed by atoms with Crippen molar-refractivity contribution in [1.29, 1.82) is 0 Å². The smallest absolute Gasteiger partial charge is 0.0700 e. The topological polar surface area (TPSA) is 47.7 Å². The number of nitrogens with two attached hydrogens (primary N) is 1. The maximum absolute atomic E-state index is 5.67. The lowest BCUT2D eigenvalue weighted by Crippen LogP contribution is -2.37. The van der Waals surface area contributed by atoms with Crippen molar-refractivity contribution in [3.05, 3.63) is 0 Å². The van der Waals surface area contributed by atoms with Gasteiger partial charge in [-0.2, -0.15) is 0 Å². The van der Waals surface area contributed by atoms with Gasteiger partial charge in [0.1, 0.15) is 0 Å². The zero-order valence-corrected chi connectivity index (χ0v) is 9.08. The second-order valence-corrected chi connectivity index (χ2v) is 3.67. The van der Waals surface area contributed by atoms with Crippen molar-refractivity contribution >= 4 is 0 Å². The Morgan fingerprint density at radius 3 is 2.93 bits per heavy atom. The van der Waals surface area contributed by atoms with Gasteiger partial charge in [0.15, 0.2) is 0 Å². The molecule has 0 aromatic carbocycles.